The number of nitrogens with one attached hydrogen (secondary N) is 1. The molecule has 0 radical (unpaired) electrons. The molecule has 1 fully saturated rings. The average molecular weight is 172 g/mol. The molecule has 0 aromatic carbocycles. The van der Waals surface area contributed by atoms with Crippen LogP contribution < -0.4 is 10.8 Å². The van der Waals surface area contributed by atoms with Gasteiger partial charge in [-0.2, -0.15) is 0 Å². The highest BCUT2D eigenvalue weighted by Gasteiger charge is 2.24. The molecule has 3 heteroatoms. The van der Waals surface area contributed by atoms with Gasteiger partial charge in [0.2, 0.25) is 0 Å². The highest BCUT2D eigenvalue weighted by atomic mass is 16.5. The highest BCUT2D eigenvalue weighted by Crippen LogP contribution is 2.14. The molecule has 0 aliphatic heterocycles. The Morgan fingerprint density at radius 1 is 1.42 bits per heavy atom. The Morgan fingerprint density at radius 2 is 2.08 bits per heavy atom. The van der Waals surface area contributed by atoms with Crippen LogP contribution in [-0.2, 0) is 0 Å². The number of hydroxylamine groups is 2. The Morgan fingerprint density at radius 3 is 2.58 bits per heavy atom. The maximum atomic E-state index is 11.6. The largest absolute Gasteiger partial charge is 0.634 e. The first-order valence-electron chi connectivity index (χ1n) is 4.90. The van der Waals surface area contributed by atoms with Crippen LogP contribution in [0, 0.1) is 5.21 Å². The molecule has 0 amide bonds. The van der Waals surface area contributed by atoms with Crippen molar-refractivity contribution in [1.29, 1.82) is 0 Å². The van der Waals surface area contributed by atoms with Crippen LogP contribution in [0.3, 0.4) is 0 Å². The molecule has 72 valence electrons. The monoisotopic (exact) mass is 172 g/mol. The Hall–Kier alpha value is -0.120. The van der Waals surface area contributed by atoms with Crippen molar-refractivity contribution in [2.45, 2.75) is 57.7 Å². The molecule has 12 heavy (non-hydrogen) atoms. The zero-order valence-corrected chi connectivity index (χ0v) is 8.05. The third-order valence-corrected chi connectivity index (χ3v) is 2.69. The normalized spacial score (nSPS) is 33.8. The van der Waals surface area contributed by atoms with E-state index in [1.807, 2.05) is 13.8 Å². The third kappa shape index (κ3) is 2.44. The second-order valence-electron chi connectivity index (χ2n) is 4.18. The lowest BCUT2D eigenvalue weighted by atomic mass is 9.91. The molecule has 0 aromatic rings. The summed E-state index contributed by atoms with van der Waals surface area (Å²) in [6.45, 7) is 3.95. The average Bonchev–Trinajstić information content (AvgIpc) is 2.03. The van der Waals surface area contributed by atoms with E-state index in [1.54, 1.807) is 0 Å². The SMILES string of the molecule is CC(C)[NH+]([O-])C1CCCC(N)C1. The molecule has 3 N–H and O–H groups in total. The van der Waals surface area contributed by atoms with Crippen molar-refractivity contribution in [2.24, 2.45) is 5.73 Å². The van der Waals surface area contributed by atoms with Gasteiger partial charge >= 0.3 is 0 Å². The Balaban J connectivity index is 2.40. The molecule has 0 bridgehead atoms. The van der Waals surface area contributed by atoms with Crippen LogP contribution in [0.4, 0.5) is 0 Å². The summed E-state index contributed by atoms with van der Waals surface area (Å²) in [5, 5.41) is 12.0. The minimum atomic E-state index is 0.181. The molecule has 3 nitrogen and oxygen atoms in total. The van der Waals surface area contributed by atoms with E-state index >= 15 is 0 Å². The summed E-state index contributed by atoms with van der Waals surface area (Å²) < 4.78 is 0. The fraction of sp³-hybridized carbons (Fsp3) is 1.00. The molecule has 0 heterocycles. The summed E-state index contributed by atoms with van der Waals surface area (Å²) in [5.41, 5.74) is 5.81. The van der Waals surface area contributed by atoms with Crippen molar-refractivity contribution in [3.8, 4) is 0 Å². The van der Waals surface area contributed by atoms with E-state index in [-0.39, 0.29) is 18.1 Å². The lowest BCUT2D eigenvalue weighted by Crippen LogP contribution is -3.14. The van der Waals surface area contributed by atoms with Crippen molar-refractivity contribution < 1.29 is 5.06 Å². The van der Waals surface area contributed by atoms with E-state index in [0.29, 0.717) is 5.06 Å². The van der Waals surface area contributed by atoms with Gasteiger partial charge in [0.05, 0.1) is 12.1 Å². The maximum absolute atomic E-state index is 11.6. The minimum Gasteiger partial charge on any atom is -0.634 e. The molecule has 3 atom stereocenters. The summed E-state index contributed by atoms with van der Waals surface area (Å²) in [7, 11) is 0. The highest BCUT2D eigenvalue weighted by molar-refractivity contribution is 4.74. The molecule has 0 aromatic heterocycles. The predicted octanol–water partition coefficient (Wildman–Crippen LogP) is 0.0474. The van der Waals surface area contributed by atoms with Crippen molar-refractivity contribution in [2.75, 3.05) is 0 Å². The summed E-state index contributed by atoms with van der Waals surface area (Å²) in [6.07, 6.45) is 4.20. The zero-order valence-electron chi connectivity index (χ0n) is 8.05. The van der Waals surface area contributed by atoms with Crippen molar-refractivity contribution in [3.05, 3.63) is 5.21 Å². The number of hydrogen-bond acceptors (Lipinski definition) is 2. The predicted molar refractivity (Wildman–Crippen MR) is 49.7 cm³/mol. The van der Waals surface area contributed by atoms with E-state index in [0.717, 1.165) is 25.7 Å². The van der Waals surface area contributed by atoms with Gasteiger partial charge in [0.15, 0.2) is 0 Å². The zero-order chi connectivity index (χ0) is 9.14. The lowest BCUT2D eigenvalue weighted by molar-refractivity contribution is -0.899. The van der Waals surface area contributed by atoms with E-state index in [4.69, 9.17) is 5.73 Å². The van der Waals surface area contributed by atoms with Crippen LogP contribution in [0.25, 0.3) is 0 Å². The first-order chi connectivity index (χ1) is 5.61. The van der Waals surface area contributed by atoms with Crippen LogP contribution in [0.1, 0.15) is 39.5 Å². The standard InChI is InChI=1S/C9H20N2O/c1-7(2)11(12)9-5-3-4-8(10)6-9/h7-9,11H,3-6,10H2,1-2H3. The first kappa shape index (κ1) is 9.96. The van der Waals surface area contributed by atoms with Gasteiger partial charge in [-0.1, -0.05) is 0 Å². The van der Waals surface area contributed by atoms with E-state index in [2.05, 4.69) is 0 Å². The Labute approximate surface area is 74.5 Å². The van der Waals surface area contributed by atoms with Gasteiger partial charge in [-0.05, 0) is 33.1 Å². The second kappa shape index (κ2) is 4.21. The molecule has 1 aliphatic rings. The summed E-state index contributed by atoms with van der Waals surface area (Å²) in [6, 6.07) is 0.709. The lowest BCUT2D eigenvalue weighted by Gasteiger charge is -2.38. The Kier molecular flexibility index (Phi) is 3.50. The van der Waals surface area contributed by atoms with Crippen LogP contribution in [0.2, 0.25) is 0 Å². The van der Waals surface area contributed by atoms with Crippen LogP contribution >= 0.6 is 0 Å². The number of quaternary nitrogens is 1. The number of rotatable bonds is 2. The molecule has 1 aliphatic carbocycles. The molecular formula is C9H20N2O. The smallest absolute Gasteiger partial charge is 0.0888 e. The fourth-order valence-corrected chi connectivity index (χ4v) is 1.96. The van der Waals surface area contributed by atoms with Gasteiger partial charge in [0.25, 0.3) is 0 Å². The van der Waals surface area contributed by atoms with Gasteiger partial charge in [0.1, 0.15) is 0 Å². The van der Waals surface area contributed by atoms with Gasteiger partial charge in [-0.3, -0.25) is 0 Å². The van der Waals surface area contributed by atoms with Gasteiger partial charge in [0, 0.05) is 12.5 Å². The second-order valence-corrected chi connectivity index (χ2v) is 4.18. The molecule has 0 spiro atoms. The Bertz CT molecular complexity index is 138. The number of nitrogens with two attached hydrogens (primary N) is 1. The summed E-state index contributed by atoms with van der Waals surface area (Å²) in [5.74, 6) is 0. The number of hydrogen-bond donors (Lipinski definition) is 2. The van der Waals surface area contributed by atoms with Crippen molar-refractivity contribution >= 4 is 0 Å². The van der Waals surface area contributed by atoms with Crippen molar-refractivity contribution in [1.82, 2.24) is 0 Å². The quantitative estimate of drug-likeness (QED) is 0.578. The topological polar surface area (TPSA) is 53.5 Å². The van der Waals surface area contributed by atoms with Gasteiger partial charge < -0.3 is 16.0 Å². The van der Waals surface area contributed by atoms with Gasteiger partial charge in [-0.15, -0.1) is 0 Å². The molecule has 3 unspecified atom stereocenters. The molecular weight excluding hydrogens is 152 g/mol. The van der Waals surface area contributed by atoms with E-state index in [9.17, 15) is 5.21 Å². The van der Waals surface area contributed by atoms with Crippen LogP contribution in [0.5, 0.6) is 0 Å². The molecule has 1 saturated carbocycles. The molecule has 0 saturated heterocycles. The third-order valence-electron chi connectivity index (χ3n) is 2.69. The summed E-state index contributed by atoms with van der Waals surface area (Å²) >= 11 is 0. The van der Waals surface area contributed by atoms with Gasteiger partial charge in [-0.25, -0.2) is 0 Å². The maximum Gasteiger partial charge on any atom is 0.0888 e. The van der Waals surface area contributed by atoms with Crippen molar-refractivity contribution in [3.63, 3.8) is 0 Å². The molecule has 1 rings (SSSR count). The first-order valence-corrected chi connectivity index (χ1v) is 4.90. The van der Waals surface area contributed by atoms with Crippen LogP contribution in [0.15, 0.2) is 0 Å². The van der Waals surface area contributed by atoms with E-state index < -0.39 is 0 Å². The van der Waals surface area contributed by atoms with E-state index in [1.165, 1.54) is 0 Å². The fourth-order valence-electron chi connectivity index (χ4n) is 1.96. The minimum absolute atomic E-state index is 0.181. The summed E-state index contributed by atoms with van der Waals surface area (Å²) in [4.78, 5) is 0. The van der Waals surface area contributed by atoms with Crippen LogP contribution in [-0.4, -0.2) is 18.1 Å².